The zero-order valence-corrected chi connectivity index (χ0v) is 17.5. The SMILES string of the molecule is CC(C)Oc1ccc(C(c2cccnc2)N2CCC(NS(C)(=O)=O)CC2)cc1. The van der Waals surface area contributed by atoms with Gasteiger partial charge in [-0.25, -0.2) is 13.1 Å². The molecule has 152 valence electrons. The molecule has 0 radical (unpaired) electrons. The molecule has 7 heteroatoms. The Morgan fingerprint density at radius 3 is 2.32 bits per heavy atom. The average molecular weight is 404 g/mol. The minimum Gasteiger partial charge on any atom is -0.491 e. The number of rotatable bonds is 7. The van der Waals surface area contributed by atoms with Crippen molar-refractivity contribution in [2.24, 2.45) is 0 Å². The molecule has 0 amide bonds. The molecule has 0 aliphatic carbocycles. The van der Waals surface area contributed by atoms with E-state index in [1.807, 2.05) is 38.2 Å². The first-order valence-electron chi connectivity index (χ1n) is 9.70. The highest BCUT2D eigenvalue weighted by molar-refractivity contribution is 7.88. The van der Waals surface area contributed by atoms with E-state index in [4.69, 9.17) is 4.74 Å². The van der Waals surface area contributed by atoms with E-state index in [0.717, 1.165) is 37.2 Å². The Hall–Kier alpha value is -1.96. The normalized spacial score (nSPS) is 17.6. The second-order valence-electron chi connectivity index (χ2n) is 7.62. The third-order valence-corrected chi connectivity index (χ3v) is 5.60. The highest BCUT2D eigenvalue weighted by atomic mass is 32.2. The van der Waals surface area contributed by atoms with Crippen molar-refractivity contribution in [2.45, 2.75) is 44.9 Å². The van der Waals surface area contributed by atoms with Crippen molar-refractivity contribution < 1.29 is 13.2 Å². The fourth-order valence-corrected chi connectivity index (χ4v) is 4.57. The maximum atomic E-state index is 11.5. The molecule has 1 unspecified atom stereocenters. The zero-order chi connectivity index (χ0) is 20.1. The van der Waals surface area contributed by atoms with E-state index in [1.165, 1.54) is 11.8 Å². The minimum atomic E-state index is -3.17. The van der Waals surface area contributed by atoms with Crippen LogP contribution < -0.4 is 9.46 Å². The summed E-state index contributed by atoms with van der Waals surface area (Å²) < 4.78 is 31.6. The van der Waals surface area contributed by atoms with Crippen LogP contribution in [0.2, 0.25) is 0 Å². The molecule has 6 nitrogen and oxygen atoms in total. The van der Waals surface area contributed by atoms with Crippen molar-refractivity contribution in [3.8, 4) is 5.75 Å². The van der Waals surface area contributed by atoms with Gasteiger partial charge in [-0.05, 0) is 56.0 Å². The number of hydrogen-bond acceptors (Lipinski definition) is 5. The van der Waals surface area contributed by atoms with E-state index in [2.05, 4.69) is 32.8 Å². The van der Waals surface area contributed by atoms with E-state index in [1.54, 1.807) is 6.20 Å². The van der Waals surface area contributed by atoms with E-state index in [-0.39, 0.29) is 18.2 Å². The number of benzene rings is 1. The lowest BCUT2D eigenvalue weighted by Gasteiger charge is -2.38. The molecule has 1 aromatic heterocycles. The Kier molecular flexibility index (Phi) is 6.69. The Bertz CT molecular complexity index is 846. The third-order valence-electron chi connectivity index (χ3n) is 4.84. The predicted molar refractivity (Wildman–Crippen MR) is 111 cm³/mol. The first-order chi connectivity index (χ1) is 13.3. The van der Waals surface area contributed by atoms with Crippen LogP contribution in [0.25, 0.3) is 0 Å². The molecule has 0 spiro atoms. The summed E-state index contributed by atoms with van der Waals surface area (Å²) in [6.45, 7) is 5.66. The van der Waals surface area contributed by atoms with Crippen LogP contribution in [0.15, 0.2) is 48.8 Å². The van der Waals surface area contributed by atoms with Crippen molar-refractivity contribution in [1.82, 2.24) is 14.6 Å². The number of pyridine rings is 1. The van der Waals surface area contributed by atoms with Gasteiger partial charge in [0.25, 0.3) is 0 Å². The highest BCUT2D eigenvalue weighted by Crippen LogP contribution is 2.32. The molecule has 1 aromatic carbocycles. The second kappa shape index (κ2) is 9.03. The molecule has 1 fully saturated rings. The Balaban J connectivity index is 1.79. The molecular weight excluding hydrogens is 374 g/mol. The minimum absolute atomic E-state index is 0.00242. The molecule has 1 atom stereocenters. The molecule has 28 heavy (non-hydrogen) atoms. The van der Waals surface area contributed by atoms with Crippen LogP contribution in [0.3, 0.4) is 0 Å². The lowest BCUT2D eigenvalue weighted by molar-refractivity contribution is 0.170. The van der Waals surface area contributed by atoms with Gasteiger partial charge < -0.3 is 4.74 Å². The summed E-state index contributed by atoms with van der Waals surface area (Å²) >= 11 is 0. The van der Waals surface area contributed by atoms with Crippen LogP contribution >= 0.6 is 0 Å². The van der Waals surface area contributed by atoms with Gasteiger partial charge in [-0.15, -0.1) is 0 Å². The molecule has 2 aromatic rings. The van der Waals surface area contributed by atoms with Crippen molar-refractivity contribution in [3.63, 3.8) is 0 Å². The maximum absolute atomic E-state index is 11.5. The van der Waals surface area contributed by atoms with Crippen LogP contribution in [-0.4, -0.2) is 49.8 Å². The summed E-state index contributed by atoms with van der Waals surface area (Å²) in [5.41, 5.74) is 2.31. The summed E-state index contributed by atoms with van der Waals surface area (Å²) in [6, 6.07) is 12.4. The summed E-state index contributed by atoms with van der Waals surface area (Å²) in [4.78, 5) is 6.70. The fourth-order valence-electron chi connectivity index (χ4n) is 3.73. The molecule has 1 aliphatic rings. The van der Waals surface area contributed by atoms with E-state index in [9.17, 15) is 8.42 Å². The van der Waals surface area contributed by atoms with Crippen molar-refractivity contribution in [3.05, 3.63) is 59.9 Å². The predicted octanol–water partition coefficient (Wildman–Crippen LogP) is 2.97. The number of ether oxygens (including phenoxy) is 1. The summed E-state index contributed by atoms with van der Waals surface area (Å²) in [7, 11) is -3.17. The van der Waals surface area contributed by atoms with Gasteiger partial charge in [0.2, 0.25) is 10.0 Å². The van der Waals surface area contributed by atoms with Gasteiger partial charge in [-0.2, -0.15) is 0 Å². The van der Waals surface area contributed by atoms with E-state index < -0.39 is 10.0 Å². The summed E-state index contributed by atoms with van der Waals surface area (Å²) in [5, 5.41) is 0. The third kappa shape index (κ3) is 5.77. The van der Waals surface area contributed by atoms with Crippen molar-refractivity contribution >= 4 is 10.0 Å². The number of piperidine rings is 1. The van der Waals surface area contributed by atoms with E-state index in [0.29, 0.717) is 0 Å². The van der Waals surface area contributed by atoms with Crippen LogP contribution in [0, 0.1) is 0 Å². The molecule has 1 N–H and O–H groups in total. The van der Waals surface area contributed by atoms with Gasteiger partial charge in [0.15, 0.2) is 0 Å². The molecule has 3 rings (SSSR count). The lowest BCUT2D eigenvalue weighted by Crippen LogP contribution is -2.45. The quantitative estimate of drug-likeness (QED) is 0.770. The van der Waals surface area contributed by atoms with E-state index >= 15 is 0 Å². The summed E-state index contributed by atoms with van der Waals surface area (Å²) in [5.74, 6) is 0.861. The zero-order valence-electron chi connectivity index (χ0n) is 16.7. The maximum Gasteiger partial charge on any atom is 0.208 e. The van der Waals surface area contributed by atoms with Crippen LogP contribution in [0.4, 0.5) is 0 Å². The van der Waals surface area contributed by atoms with Gasteiger partial charge in [0.1, 0.15) is 5.75 Å². The first-order valence-corrected chi connectivity index (χ1v) is 11.6. The monoisotopic (exact) mass is 403 g/mol. The highest BCUT2D eigenvalue weighted by Gasteiger charge is 2.28. The topological polar surface area (TPSA) is 71.5 Å². The number of nitrogens with zero attached hydrogens (tertiary/aromatic N) is 2. The molecule has 2 heterocycles. The Labute approximate surface area is 168 Å². The van der Waals surface area contributed by atoms with Crippen LogP contribution in [-0.2, 0) is 10.0 Å². The number of aromatic nitrogens is 1. The molecule has 1 saturated heterocycles. The van der Waals surface area contributed by atoms with Gasteiger partial charge >= 0.3 is 0 Å². The first kappa shape index (κ1) is 20.8. The molecule has 1 aliphatic heterocycles. The molecule has 0 saturated carbocycles. The summed E-state index contributed by atoms with van der Waals surface area (Å²) in [6.07, 6.45) is 6.63. The average Bonchev–Trinajstić information content (AvgIpc) is 2.64. The number of nitrogens with one attached hydrogen (secondary N) is 1. The Morgan fingerprint density at radius 2 is 1.79 bits per heavy atom. The Morgan fingerprint density at radius 1 is 1.11 bits per heavy atom. The van der Waals surface area contributed by atoms with Crippen LogP contribution in [0.5, 0.6) is 5.75 Å². The van der Waals surface area contributed by atoms with Gasteiger partial charge in [0.05, 0.1) is 18.4 Å². The van der Waals surface area contributed by atoms with Gasteiger partial charge in [-0.1, -0.05) is 18.2 Å². The number of sulfonamides is 1. The number of hydrogen-bond donors (Lipinski definition) is 1. The molecule has 0 bridgehead atoms. The van der Waals surface area contributed by atoms with Crippen molar-refractivity contribution in [2.75, 3.05) is 19.3 Å². The molecular formula is C21H29N3O3S. The number of likely N-dealkylation sites (tertiary alicyclic amines) is 1. The standard InChI is InChI=1S/C21H29N3O3S/c1-16(2)27-20-8-6-17(7-9-20)21(18-5-4-12-22-15-18)24-13-10-19(11-14-24)23-28(3,25)26/h4-9,12,15-16,19,21,23H,10-11,13-14H2,1-3H3. The lowest BCUT2D eigenvalue weighted by atomic mass is 9.95. The van der Waals surface area contributed by atoms with Crippen molar-refractivity contribution in [1.29, 1.82) is 0 Å². The fraction of sp³-hybridized carbons (Fsp3) is 0.476. The smallest absolute Gasteiger partial charge is 0.208 e. The van der Waals surface area contributed by atoms with Crippen LogP contribution in [0.1, 0.15) is 43.9 Å². The van der Waals surface area contributed by atoms with Gasteiger partial charge in [0, 0.05) is 31.5 Å². The van der Waals surface area contributed by atoms with Gasteiger partial charge in [-0.3, -0.25) is 9.88 Å². The second-order valence-corrected chi connectivity index (χ2v) is 9.40. The largest absolute Gasteiger partial charge is 0.491 e.